The van der Waals surface area contributed by atoms with E-state index in [0.29, 0.717) is 13.1 Å². The van der Waals surface area contributed by atoms with E-state index in [1.54, 1.807) is 0 Å². The van der Waals surface area contributed by atoms with Crippen molar-refractivity contribution in [3.63, 3.8) is 0 Å². The van der Waals surface area contributed by atoms with Crippen LogP contribution in [-0.4, -0.2) is 23.8 Å². The average Bonchev–Trinajstić information content (AvgIpc) is 2.83. The van der Waals surface area contributed by atoms with Crippen molar-refractivity contribution >= 4 is 11.8 Å². The second-order valence-electron chi connectivity index (χ2n) is 5.63. The van der Waals surface area contributed by atoms with E-state index in [-0.39, 0.29) is 0 Å². The number of rotatable bonds is 3. The number of para-hydroxylation sites is 1. The molecule has 102 valence electrons. The summed E-state index contributed by atoms with van der Waals surface area (Å²) in [5.74, 6) is 0. The molecule has 4 heteroatoms. The molecule has 1 saturated carbocycles. The number of fused-ring (bicyclic) bond motifs is 1. The Morgan fingerprint density at radius 1 is 1.26 bits per heavy atom. The minimum absolute atomic E-state index is 0.551. The summed E-state index contributed by atoms with van der Waals surface area (Å²) in [7, 11) is 0. The monoisotopic (exact) mass is 259 g/mol. The molecule has 0 saturated heterocycles. The zero-order valence-electron chi connectivity index (χ0n) is 11.1. The van der Waals surface area contributed by atoms with Crippen LogP contribution in [0.4, 0.5) is 5.69 Å². The van der Waals surface area contributed by atoms with Crippen molar-refractivity contribution in [2.45, 2.75) is 31.3 Å². The Morgan fingerprint density at radius 2 is 2.00 bits per heavy atom. The van der Waals surface area contributed by atoms with E-state index in [2.05, 4.69) is 17.6 Å². The van der Waals surface area contributed by atoms with Gasteiger partial charge in [-0.3, -0.25) is 0 Å². The van der Waals surface area contributed by atoms with Gasteiger partial charge < -0.3 is 15.8 Å². The molecular weight excluding hydrogens is 238 g/mol. The molecular formula is C15H21N3O. The predicted molar refractivity (Wildman–Crippen MR) is 77.4 cm³/mol. The first-order valence-electron chi connectivity index (χ1n) is 6.95. The summed E-state index contributed by atoms with van der Waals surface area (Å²) in [6, 6.07) is 8.16. The van der Waals surface area contributed by atoms with Crippen molar-refractivity contribution < 1.29 is 5.11 Å². The highest BCUT2D eigenvalue weighted by Gasteiger charge is 2.31. The van der Waals surface area contributed by atoms with Gasteiger partial charge in [0.1, 0.15) is 0 Å². The first-order chi connectivity index (χ1) is 9.16. The van der Waals surface area contributed by atoms with Crippen molar-refractivity contribution in [1.82, 2.24) is 5.43 Å². The molecule has 19 heavy (non-hydrogen) atoms. The summed E-state index contributed by atoms with van der Waals surface area (Å²) >= 11 is 0. The fourth-order valence-electron chi connectivity index (χ4n) is 2.96. The number of anilines is 1. The molecule has 3 rings (SSSR count). The van der Waals surface area contributed by atoms with Crippen molar-refractivity contribution in [2.75, 3.05) is 18.1 Å². The number of benzene rings is 1. The minimum atomic E-state index is -0.551. The molecule has 0 atom stereocenters. The molecule has 1 aromatic rings. The molecule has 1 fully saturated rings. The van der Waals surface area contributed by atoms with Gasteiger partial charge in [-0.2, -0.15) is 0 Å². The van der Waals surface area contributed by atoms with E-state index >= 15 is 0 Å². The molecule has 0 bridgehead atoms. The molecule has 4 N–H and O–H groups in total. The van der Waals surface area contributed by atoms with Gasteiger partial charge in [-0.25, -0.2) is 5.43 Å². The molecule has 1 aliphatic carbocycles. The zero-order chi connectivity index (χ0) is 13.3. The molecule has 4 nitrogen and oxygen atoms in total. The Labute approximate surface area is 113 Å². The lowest BCUT2D eigenvalue weighted by Gasteiger charge is -2.33. The maximum absolute atomic E-state index is 10.4. The van der Waals surface area contributed by atoms with Crippen LogP contribution in [0.3, 0.4) is 0 Å². The molecule has 1 aliphatic heterocycles. The Bertz CT molecular complexity index is 492. The number of hydrogen-bond donors (Lipinski definition) is 3. The number of aliphatic hydroxyl groups is 1. The van der Waals surface area contributed by atoms with E-state index in [9.17, 15) is 5.11 Å². The third-order valence-electron chi connectivity index (χ3n) is 4.04. The van der Waals surface area contributed by atoms with Crippen LogP contribution < -0.4 is 16.2 Å². The highest BCUT2D eigenvalue weighted by Crippen LogP contribution is 2.30. The molecule has 0 amide bonds. The van der Waals surface area contributed by atoms with Crippen molar-refractivity contribution in [3.05, 3.63) is 35.5 Å². The van der Waals surface area contributed by atoms with Gasteiger partial charge in [-0.15, -0.1) is 0 Å². The van der Waals surface area contributed by atoms with Gasteiger partial charge in [0.2, 0.25) is 0 Å². The molecule has 0 radical (unpaired) electrons. The summed E-state index contributed by atoms with van der Waals surface area (Å²) in [5.41, 5.74) is 11.9. The first kappa shape index (κ1) is 12.5. The van der Waals surface area contributed by atoms with Crippen LogP contribution in [0, 0.1) is 0 Å². The standard InChI is InChI=1S/C15H21N3O/c16-13-9-12-5-1-2-6-14(12)18(10-13)17-11-15(19)7-3-4-8-15/h1-2,5-6,9,17,19H,3-4,7-8,10-11,16H2. The van der Waals surface area contributed by atoms with Crippen LogP contribution in [0.1, 0.15) is 31.2 Å². The largest absolute Gasteiger partial charge is 0.401 e. The smallest absolute Gasteiger partial charge is 0.0790 e. The fraction of sp³-hybridized carbons (Fsp3) is 0.467. The normalized spacial score (nSPS) is 21.1. The minimum Gasteiger partial charge on any atom is -0.401 e. The van der Waals surface area contributed by atoms with Gasteiger partial charge in [0.15, 0.2) is 0 Å². The molecule has 1 heterocycles. The van der Waals surface area contributed by atoms with Crippen LogP contribution in [-0.2, 0) is 0 Å². The molecule has 0 unspecified atom stereocenters. The highest BCUT2D eigenvalue weighted by molar-refractivity contribution is 5.72. The lowest BCUT2D eigenvalue weighted by Crippen LogP contribution is -2.49. The van der Waals surface area contributed by atoms with Crippen molar-refractivity contribution in [3.8, 4) is 0 Å². The van der Waals surface area contributed by atoms with Crippen LogP contribution in [0.5, 0.6) is 0 Å². The Hall–Kier alpha value is -1.52. The van der Waals surface area contributed by atoms with Crippen LogP contribution in [0.15, 0.2) is 30.0 Å². The van der Waals surface area contributed by atoms with E-state index in [1.807, 2.05) is 23.2 Å². The summed E-state index contributed by atoms with van der Waals surface area (Å²) in [5, 5.41) is 12.4. The van der Waals surface area contributed by atoms with Crippen molar-refractivity contribution in [2.24, 2.45) is 5.73 Å². The SMILES string of the molecule is NC1=Cc2ccccc2N(NCC2(O)CCCC2)C1. The van der Waals surface area contributed by atoms with Crippen LogP contribution in [0.25, 0.3) is 6.08 Å². The Kier molecular flexibility index (Phi) is 3.21. The number of nitrogens with zero attached hydrogens (tertiary/aromatic N) is 1. The van der Waals surface area contributed by atoms with E-state index in [1.165, 1.54) is 0 Å². The average molecular weight is 259 g/mol. The van der Waals surface area contributed by atoms with E-state index in [4.69, 9.17) is 5.73 Å². The maximum Gasteiger partial charge on any atom is 0.0790 e. The molecule has 2 aliphatic rings. The number of hydrazine groups is 1. The van der Waals surface area contributed by atoms with Gasteiger partial charge >= 0.3 is 0 Å². The lowest BCUT2D eigenvalue weighted by atomic mass is 10.0. The zero-order valence-corrected chi connectivity index (χ0v) is 11.1. The van der Waals surface area contributed by atoms with Crippen molar-refractivity contribution in [1.29, 1.82) is 0 Å². The fourth-order valence-corrected chi connectivity index (χ4v) is 2.96. The number of nitrogens with two attached hydrogens (primary N) is 1. The third-order valence-corrected chi connectivity index (χ3v) is 4.04. The quantitative estimate of drug-likeness (QED) is 0.772. The number of hydrogen-bond acceptors (Lipinski definition) is 4. The topological polar surface area (TPSA) is 61.5 Å². The second kappa shape index (κ2) is 4.87. The number of nitrogens with one attached hydrogen (secondary N) is 1. The van der Waals surface area contributed by atoms with E-state index < -0.39 is 5.60 Å². The summed E-state index contributed by atoms with van der Waals surface area (Å²) < 4.78 is 0. The molecule has 0 aromatic heterocycles. The van der Waals surface area contributed by atoms with Crippen LogP contribution in [0.2, 0.25) is 0 Å². The van der Waals surface area contributed by atoms with Crippen LogP contribution >= 0.6 is 0 Å². The summed E-state index contributed by atoms with van der Waals surface area (Å²) in [6.07, 6.45) is 6.03. The van der Waals surface area contributed by atoms with Gasteiger partial charge in [0.05, 0.1) is 17.8 Å². The second-order valence-corrected chi connectivity index (χ2v) is 5.63. The van der Waals surface area contributed by atoms with Gasteiger partial charge in [-0.05, 0) is 25.0 Å². The van der Waals surface area contributed by atoms with Gasteiger partial charge in [0.25, 0.3) is 0 Å². The lowest BCUT2D eigenvalue weighted by molar-refractivity contribution is 0.0472. The Balaban J connectivity index is 1.73. The molecule has 0 spiro atoms. The van der Waals surface area contributed by atoms with Gasteiger partial charge in [-0.1, -0.05) is 31.0 Å². The summed E-state index contributed by atoms with van der Waals surface area (Å²) in [4.78, 5) is 0. The van der Waals surface area contributed by atoms with Gasteiger partial charge in [0, 0.05) is 17.8 Å². The predicted octanol–water partition coefficient (Wildman–Crippen LogP) is 1.62. The first-order valence-corrected chi connectivity index (χ1v) is 6.95. The summed E-state index contributed by atoms with van der Waals surface area (Å²) in [6.45, 7) is 1.25. The maximum atomic E-state index is 10.4. The highest BCUT2D eigenvalue weighted by atomic mass is 16.3. The molecule has 1 aromatic carbocycles. The van der Waals surface area contributed by atoms with E-state index in [0.717, 1.165) is 42.6 Å². The Morgan fingerprint density at radius 3 is 2.79 bits per heavy atom. The third kappa shape index (κ3) is 2.60.